The second kappa shape index (κ2) is 13.9. The first-order chi connectivity index (χ1) is 31.2. The van der Waals surface area contributed by atoms with E-state index < -0.39 is 0 Å². The van der Waals surface area contributed by atoms with Gasteiger partial charge in [0.05, 0.1) is 50.5 Å². The van der Waals surface area contributed by atoms with Gasteiger partial charge in [-0.1, -0.05) is 84.9 Å². The van der Waals surface area contributed by atoms with Crippen molar-refractivity contribution in [2.75, 3.05) is 0 Å². The second-order valence-electron chi connectivity index (χ2n) is 15.9. The van der Waals surface area contributed by atoms with E-state index in [0.29, 0.717) is 0 Å². The second-order valence-corrected chi connectivity index (χ2v) is 15.9. The van der Waals surface area contributed by atoms with Crippen LogP contribution >= 0.6 is 0 Å². The van der Waals surface area contributed by atoms with E-state index in [-0.39, 0.29) is 0 Å². The van der Waals surface area contributed by atoms with Crippen LogP contribution in [0.2, 0.25) is 0 Å². The molecule has 0 aliphatic carbocycles. The van der Waals surface area contributed by atoms with Crippen molar-refractivity contribution >= 4 is 75.9 Å². The summed E-state index contributed by atoms with van der Waals surface area (Å²) < 4.78 is 2.42. The molecule has 0 spiro atoms. The van der Waals surface area contributed by atoms with E-state index >= 15 is 0 Å². The summed E-state index contributed by atoms with van der Waals surface area (Å²) in [6, 6.07) is 57.5. The van der Waals surface area contributed by atoms with Crippen LogP contribution in [0.25, 0.3) is 127 Å². The molecule has 63 heavy (non-hydrogen) atoms. The summed E-state index contributed by atoms with van der Waals surface area (Å²) in [5.74, 6) is 0. The van der Waals surface area contributed by atoms with Gasteiger partial charge in [-0.25, -0.2) is 0 Å². The van der Waals surface area contributed by atoms with Crippen LogP contribution in [0.5, 0.6) is 0 Å². The number of benzene rings is 6. The fourth-order valence-corrected chi connectivity index (χ4v) is 9.54. The van der Waals surface area contributed by atoms with Crippen LogP contribution in [0.4, 0.5) is 0 Å². The van der Waals surface area contributed by atoms with Crippen molar-refractivity contribution in [2.45, 2.75) is 0 Å². The van der Waals surface area contributed by atoms with E-state index in [0.717, 1.165) is 127 Å². The molecule has 0 N–H and O–H groups in total. The molecule has 0 bridgehead atoms. The highest BCUT2D eigenvalue weighted by atomic mass is 15.0. The minimum absolute atomic E-state index is 0.869. The summed E-state index contributed by atoms with van der Waals surface area (Å²) in [6.45, 7) is 0. The standard InChI is InChI=1S/C56H33N7/c1-3-12-40-34(9-1)23-27-59-52(40)38-17-20-48(61-32-38)36-19-22-50-46(29-36)47-31-45(49-21-18-39(33-62-49)53-41-13-4-2-10-35(41)24-28-60-53)42-14-5-6-15-43(42)56(47)63(50)51-30-37-11-7-25-57-54(37)55-44(51)16-8-26-58-55/h1-33H. The van der Waals surface area contributed by atoms with Crippen molar-refractivity contribution in [3.63, 3.8) is 0 Å². The third kappa shape index (κ3) is 5.53. The average Bonchev–Trinajstić information content (AvgIpc) is 3.69. The first-order valence-electron chi connectivity index (χ1n) is 21.0. The molecule has 7 nitrogen and oxygen atoms in total. The quantitative estimate of drug-likeness (QED) is 0.161. The van der Waals surface area contributed by atoms with Crippen LogP contribution in [-0.4, -0.2) is 34.5 Å². The van der Waals surface area contributed by atoms with E-state index in [9.17, 15) is 0 Å². The summed E-state index contributed by atoms with van der Waals surface area (Å²) in [7, 11) is 0. The summed E-state index contributed by atoms with van der Waals surface area (Å²) in [5.41, 5.74) is 12.6. The van der Waals surface area contributed by atoms with Gasteiger partial charge in [-0.2, -0.15) is 0 Å². The molecule has 0 saturated carbocycles. The topological polar surface area (TPSA) is 82.3 Å². The maximum Gasteiger partial charge on any atom is 0.0985 e. The Morgan fingerprint density at radius 2 is 0.921 bits per heavy atom. The van der Waals surface area contributed by atoms with Crippen molar-refractivity contribution in [3.8, 4) is 50.7 Å². The van der Waals surface area contributed by atoms with Crippen molar-refractivity contribution in [1.29, 1.82) is 0 Å². The Morgan fingerprint density at radius 3 is 1.62 bits per heavy atom. The molecule has 0 amide bonds. The lowest BCUT2D eigenvalue weighted by atomic mass is 9.96. The molecule has 7 heteroatoms. The van der Waals surface area contributed by atoms with E-state index in [4.69, 9.17) is 29.9 Å². The van der Waals surface area contributed by atoms with Crippen LogP contribution in [-0.2, 0) is 0 Å². The van der Waals surface area contributed by atoms with Crippen molar-refractivity contribution in [1.82, 2.24) is 34.5 Å². The SMILES string of the molecule is c1ccc2c(-c3ccc(-c4ccc5c(c4)c4cc(-c6ccc(-c7nccc8ccccc78)cn6)c6ccccc6c4n5-c4cc5cccnc5c5ncccc45)nc3)nccc2c1. The Kier molecular flexibility index (Phi) is 7.77. The first kappa shape index (κ1) is 35.1. The van der Waals surface area contributed by atoms with Gasteiger partial charge in [-0.15, -0.1) is 0 Å². The predicted octanol–water partition coefficient (Wildman–Crippen LogP) is 13.6. The monoisotopic (exact) mass is 803 g/mol. The number of pyridine rings is 6. The molecular weight excluding hydrogens is 771 g/mol. The normalized spacial score (nSPS) is 11.8. The molecular formula is C56H33N7. The van der Waals surface area contributed by atoms with E-state index in [1.54, 1.807) is 0 Å². The lowest BCUT2D eigenvalue weighted by Gasteiger charge is -2.15. The highest BCUT2D eigenvalue weighted by Gasteiger charge is 2.22. The Bertz CT molecular complexity index is 3960. The highest BCUT2D eigenvalue weighted by Crippen LogP contribution is 2.44. The molecule has 7 aromatic heterocycles. The largest absolute Gasteiger partial charge is 0.308 e. The smallest absolute Gasteiger partial charge is 0.0985 e. The molecule has 0 radical (unpaired) electrons. The minimum Gasteiger partial charge on any atom is -0.308 e. The van der Waals surface area contributed by atoms with Crippen molar-refractivity contribution in [2.24, 2.45) is 0 Å². The van der Waals surface area contributed by atoms with Crippen LogP contribution in [0.3, 0.4) is 0 Å². The third-order valence-corrected chi connectivity index (χ3v) is 12.4. The molecule has 0 atom stereocenters. The zero-order chi connectivity index (χ0) is 41.4. The fourth-order valence-electron chi connectivity index (χ4n) is 9.54. The van der Waals surface area contributed by atoms with Crippen LogP contribution in [0.1, 0.15) is 0 Å². The predicted molar refractivity (Wildman–Crippen MR) is 257 cm³/mol. The maximum absolute atomic E-state index is 5.15. The molecule has 292 valence electrons. The number of aromatic nitrogens is 7. The lowest BCUT2D eigenvalue weighted by Crippen LogP contribution is -1.98. The van der Waals surface area contributed by atoms with Crippen LogP contribution in [0, 0.1) is 0 Å². The van der Waals surface area contributed by atoms with Gasteiger partial charge in [0.1, 0.15) is 0 Å². The molecule has 0 aliphatic rings. The molecule has 0 saturated heterocycles. The number of hydrogen-bond donors (Lipinski definition) is 0. The Morgan fingerprint density at radius 1 is 0.333 bits per heavy atom. The molecule has 0 aliphatic heterocycles. The first-order valence-corrected chi connectivity index (χ1v) is 21.0. The Labute approximate surface area is 360 Å². The Hall–Kier alpha value is -8.68. The van der Waals surface area contributed by atoms with Gasteiger partial charge in [0.25, 0.3) is 0 Å². The summed E-state index contributed by atoms with van der Waals surface area (Å²) in [5, 5.41) is 11.0. The van der Waals surface area contributed by atoms with E-state index in [1.807, 2.05) is 61.4 Å². The number of rotatable bonds is 5. The molecule has 0 fully saturated rings. The van der Waals surface area contributed by atoms with Crippen molar-refractivity contribution in [3.05, 3.63) is 201 Å². The molecule has 7 heterocycles. The van der Waals surface area contributed by atoms with E-state index in [1.165, 1.54) is 0 Å². The fraction of sp³-hybridized carbons (Fsp3) is 0. The van der Waals surface area contributed by atoms with Gasteiger partial charge in [0, 0.05) is 97.1 Å². The molecule has 13 rings (SSSR count). The summed E-state index contributed by atoms with van der Waals surface area (Å²) >= 11 is 0. The molecule has 6 aromatic carbocycles. The number of hydrogen-bond acceptors (Lipinski definition) is 6. The van der Waals surface area contributed by atoms with Gasteiger partial charge in [0.2, 0.25) is 0 Å². The van der Waals surface area contributed by atoms with Gasteiger partial charge in [-0.3, -0.25) is 29.9 Å². The van der Waals surface area contributed by atoms with Crippen LogP contribution in [0.15, 0.2) is 201 Å². The zero-order valence-electron chi connectivity index (χ0n) is 33.7. The van der Waals surface area contributed by atoms with Crippen molar-refractivity contribution < 1.29 is 0 Å². The molecule has 13 aromatic rings. The number of nitrogens with zero attached hydrogens (tertiary/aromatic N) is 7. The van der Waals surface area contributed by atoms with Gasteiger partial charge in [0.15, 0.2) is 0 Å². The van der Waals surface area contributed by atoms with Gasteiger partial charge < -0.3 is 4.57 Å². The molecule has 0 unspecified atom stereocenters. The number of fused-ring (bicyclic) bond motifs is 10. The van der Waals surface area contributed by atoms with Crippen LogP contribution < -0.4 is 0 Å². The minimum atomic E-state index is 0.869. The maximum atomic E-state index is 5.15. The summed E-state index contributed by atoms with van der Waals surface area (Å²) in [4.78, 5) is 29.4. The zero-order valence-corrected chi connectivity index (χ0v) is 33.7. The van der Waals surface area contributed by atoms with Gasteiger partial charge in [-0.05, 0) is 95.0 Å². The van der Waals surface area contributed by atoms with E-state index in [2.05, 4.69) is 144 Å². The average molecular weight is 804 g/mol. The Balaban J connectivity index is 1.05. The van der Waals surface area contributed by atoms with Gasteiger partial charge >= 0.3 is 0 Å². The lowest BCUT2D eigenvalue weighted by molar-refractivity contribution is 1.20. The summed E-state index contributed by atoms with van der Waals surface area (Å²) in [6.07, 6.45) is 11.3. The third-order valence-electron chi connectivity index (χ3n) is 12.4. The highest BCUT2D eigenvalue weighted by molar-refractivity contribution is 6.23.